The number of fused-ring (bicyclic) bond motifs is 1. The van der Waals surface area contributed by atoms with Crippen LogP contribution in [0.4, 0.5) is 19.0 Å². The molecule has 2 aromatic rings. The minimum Gasteiger partial charge on any atom is -0.384 e. The van der Waals surface area contributed by atoms with E-state index in [-0.39, 0.29) is 22.8 Å². The molecular weight excluding hydrogens is 293 g/mol. The van der Waals surface area contributed by atoms with E-state index in [9.17, 15) is 13.2 Å². The first-order valence-electron chi connectivity index (χ1n) is 5.22. The smallest absolute Gasteiger partial charge is 0.384 e. The quantitative estimate of drug-likeness (QED) is 0.593. The summed E-state index contributed by atoms with van der Waals surface area (Å²) in [6.07, 6.45) is -4.70. The Balaban J connectivity index is 2.16. The molecular formula is C10H9F3N6S. The van der Waals surface area contributed by atoms with Gasteiger partial charge in [0.25, 0.3) is 0 Å². The number of H-pyrrole nitrogens is 1. The van der Waals surface area contributed by atoms with Crippen LogP contribution in [-0.2, 0) is 0 Å². The first-order chi connectivity index (χ1) is 9.29. The number of hydrogen-bond acceptors (Lipinski definition) is 6. The van der Waals surface area contributed by atoms with Gasteiger partial charge in [0.1, 0.15) is 17.0 Å². The number of nitrogens with zero attached hydrogens (tertiary/aromatic N) is 3. The molecule has 2 aromatic heterocycles. The summed E-state index contributed by atoms with van der Waals surface area (Å²) < 4.78 is 37.0. The summed E-state index contributed by atoms with van der Waals surface area (Å²) in [6, 6.07) is 1.49. The van der Waals surface area contributed by atoms with Gasteiger partial charge < -0.3 is 5.73 Å². The number of aromatic amines is 1. The Morgan fingerprint density at radius 3 is 2.80 bits per heavy atom. The van der Waals surface area contributed by atoms with Gasteiger partial charge in [-0.05, 0) is 11.6 Å². The zero-order valence-electron chi connectivity index (χ0n) is 9.95. The van der Waals surface area contributed by atoms with E-state index >= 15 is 0 Å². The molecule has 0 saturated carbocycles. The predicted octanol–water partition coefficient (Wildman–Crippen LogP) is 2.17. The van der Waals surface area contributed by atoms with Crippen LogP contribution < -0.4 is 5.73 Å². The highest BCUT2D eigenvalue weighted by atomic mass is 32.2. The summed E-state index contributed by atoms with van der Waals surface area (Å²) in [4.78, 5) is 4.44. The van der Waals surface area contributed by atoms with Crippen molar-refractivity contribution in [1.29, 1.82) is 5.41 Å². The number of rotatable bonds is 4. The third-order valence-corrected chi connectivity index (χ3v) is 3.43. The van der Waals surface area contributed by atoms with Crippen molar-refractivity contribution in [3.05, 3.63) is 18.2 Å². The molecule has 0 aliphatic carbocycles. The van der Waals surface area contributed by atoms with E-state index in [2.05, 4.69) is 27.0 Å². The average molecular weight is 302 g/mol. The molecule has 6 nitrogen and oxygen atoms in total. The fraction of sp³-hybridized carbons (Fsp3) is 0.200. The fourth-order valence-corrected chi connectivity index (χ4v) is 2.33. The zero-order chi connectivity index (χ0) is 14.9. The van der Waals surface area contributed by atoms with Crippen LogP contribution in [-0.4, -0.2) is 38.0 Å². The SMILES string of the molecule is C=C(CSc1cc(N)nc2n[nH]nc12)C(=N)C(F)(F)F. The maximum absolute atomic E-state index is 12.3. The second kappa shape index (κ2) is 5.12. The summed E-state index contributed by atoms with van der Waals surface area (Å²) in [5.41, 5.74) is 4.50. The molecule has 0 amide bonds. The van der Waals surface area contributed by atoms with Crippen molar-refractivity contribution >= 4 is 34.5 Å². The Kier molecular flexibility index (Phi) is 3.66. The lowest BCUT2D eigenvalue weighted by atomic mass is 10.2. The van der Waals surface area contributed by atoms with Crippen LogP contribution in [0.5, 0.6) is 0 Å². The molecule has 0 unspecified atom stereocenters. The summed E-state index contributed by atoms with van der Waals surface area (Å²) in [6.45, 7) is 3.27. The van der Waals surface area contributed by atoms with Crippen molar-refractivity contribution in [3.8, 4) is 0 Å². The number of nitrogens with one attached hydrogen (secondary N) is 2. The molecule has 0 fully saturated rings. The van der Waals surface area contributed by atoms with Gasteiger partial charge in [-0.3, -0.25) is 5.41 Å². The van der Waals surface area contributed by atoms with E-state index in [1.54, 1.807) is 0 Å². The Bertz CT molecular complexity index is 677. The van der Waals surface area contributed by atoms with Gasteiger partial charge >= 0.3 is 6.18 Å². The number of aromatic nitrogens is 4. The van der Waals surface area contributed by atoms with Gasteiger partial charge in [-0.25, -0.2) is 4.98 Å². The lowest BCUT2D eigenvalue weighted by Gasteiger charge is -2.10. The topological polar surface area (TPSA) is 104 Å². The highest BCUT2D eigenvalue weighted by molar-refractivity contribution is 7.99. The molecule has 106 valence electrons. The van der Waals surface area contributed by atoms with Gasteiger partial charge in [-0.1, -0.05) is 6.58 Å². The van der Waals surface area contributed by atoms with E-state index in [0.29, 0.717) is 10.4 Å². The standard InChI is InChI=1S/C10H9F3N6S/c1-4(8(15)10(11,12)13)3-20-5-2-6(14)16-9-7(5)17-19-18-9/h2,15H,1,3H2,(H3,14,16,17,18,19). The van der Waals surface area contributed by atoms with Gasteiger partial charge in [-0.2, -0.15) is 23.5 Å². The van der Waals surface area contributed by atoms with Crippen LogP contribution in [0, 0.1) is 5.41 Å². The van der Waals surface area contributed by atoms with Crippen LogP contribution in [0.3, 0.4) is 0 Å². The van der Waals surface area contributed by atoms with Gasteiger partial charge in [0.15, 0.2) is 0 Å². The van der Waals surface area contributed by atoms with Crippen molar-refractivity contribution < 1.29 is 13.2 Å². The Morgan fingerprint density at radius 1 is 1.45 bits per heavy atom. The zero-order valence-corrected chi connectivity index (χ0v) is 10.8. The largest absolute Gasteiger partial charge is 0.432 e. The molecule has 0 bridgehead atoms. The van der Waals surface area contributed by atoms with Crippen molar-refractivity contribution in [1.82, 2.24) is 20.4 Å². The van der Waals surface area contributed by atoms with Gasteiger partial charge in [0.05, 0.1) is 0 Å². The van der Waals surface area contributed by atoms with Crippen LogP contribution >= 0.6 is 11.8 Å². The van der Waals surface area contributed by atoms with E-state index in [1.807, 2.05) is 0 Å². The van der Waals surface area contributed by atoms with E-state index in [1.165, 1.54) is 6.07 Å². The number of thioether (sulfide) groups is 1. The molecule has 0 atom stereocenters. The van der Waals surface area contributed by atoms with Crippen molar-refractivity contribution in [2.45, 2.75) is 11.1 Å². The number of halogens is 3. The Labute approximate surface area is 115 Å². The number of pyridine rings is 1. The number of anilines is 1. The Morgan fingerprint density at radius 2 is 2.15 bits per heavy atom. The van der Waals surface area contributed by atoms with Crippen LogP contribution in [0.1, 0.15) is 0 Å². The second-order valence-electron chi connectivity index (χ2n) is 3.81. The summed E-state index contributed by atoms with van der Waals surface area (Å²) in [5.74, 6) is 0.0782. The molecule has 0 aromatic carbocycles. The highest BCUT2D eigenvalue weighted by Gasteiger charge is 2.35. The molecule has 2 rings (SSSR count). The number of alkyl halides is 3. The first kappa shape index (κ1) is 14.3. The molecule has 4 N–H and O–H groups in total. The summed E-state index contributed by atoms with van der Waals surface area (Å²) in [5, 5.41) is 16.9. The Hall–Kier alpha value is -2.10. The molecule has 10 heteroatoms. The fourth-order valence-electron chi connectivity index (χ4n) is 1.37. The van der Waals surface area contributed by atoms with Crippen LogP contribution in [0.15, 0.2) is 23.1 Å². The van der Waals surface area contributed by atoms with Gasteiger partial charge in [0, 0.05) is 10.6 Å². The van der Waals surface area contributed by atoms with Crippen molar-refractivity contribution in [2.24, 2.45) is 0 Å². The van der Waals surface area contributed by atoms with Gasteiger partial charge in [-0.15, -0.1) is 16.9 Å². The first-order valence-corrected chi connectivity index (χ1v) is 6.21. The molecule has 20 heavy (non-hydrogen) atoms. The second-order valence-corrected chi connectivity index (χ2v) is 4.82. The predicted molar refractivity (Wildman–Crippen MR) is 69.7 cm³/mol. The molecule has 0 radical (unpaired) electrons. The maximum Gasteiger partial charge on any atom is 0.432 e. The summed E-state index contributed by atoms with van der Waals surface area (Å²) >= 11 is 1.04. The van der Waals surface area contributed by atoms with E-state index in [0.717, 1.165) is 11.8 Å². The van der Waals surface area contributed by atoms with E-state index in [4.69, 9.17) is 11.1 Å². The van der Waals surface area contributed by atoms with Crippen LogP contribution in [0.2, 0.25) is 0 Å². The lowest BCUT2D eigenvalue weighted by molar-refractivity contribution is -0.0589. The van der Waals surface area contributed by atoms with E-state index < -0.39 is 11.9 Å². The number of hydrogen-bond donors (Lipinski definition) is 3. The third-order valence-electron chi connectivity index (χ3n) is 2.32. The molecule has 0 saturated heterocycles. The number of nitrogen functional groups attached to an aromatic ring is 1. The minimum atomic E-state index is -4.70. The van der Waals surface area contributed by atoms with Crippen molar-refractivity contribution in [2.75, 3.05) is 11.5 Å². The third kappa shape index (κ3) is 2.90. The molecule has 0 spiro atoms. The highest BCUT2D eigenvalue weighted by Crippen LogP contribution is 2.29. The molecule has 2 heterocycles. The molecule has 0 aliphatic heterocycles. The van der Waals surface area contributed by atoms with Gasteiger partial charge in [0.2, 0.25) is 5.65 Å². The van der Waals surface area contributed by atoms with Crippen molar-refractivity contribution in [3.63, 3.8) is 0 Å². The summed E-state index contributed by atoms with van der Waals surface area (Å²) in [7, 11) is 0. The monoisotopic (exact) mass is 302 g/mol. The molecule has 0 aliphatic rings. The normalized spacial score (nSPS) is 11.8. The van der Waals surface area contributed by atoms with Crippen LogP contribution in [0.25, 0.3) is 11.2 Å². The lowest BCUT2D eigenvalue weighted by Crippen LogP contribution is -2.24. The average Bonchev–Trinajstić information content (AvgIpc) is 2.81. The number of nitrogens with two attached hydrogens (primary N) is 1. The minimum absolute atomic E-state index is 0.107. The maximum atomic E-state index is 12.3.